The molecule has 0 fully saturated rings. The first-order valence-corrected chi connectivity index (χ1v) is 6.97. The number of carbonyl (C=O) groups excluding carboxylic acids is 2. The fourth-order valence-corrected chi connectivity index (χ4v) is 2.30. The lowest BCUT2D eigenvalue weighted by Gasteiger charge is -2.07. The van der Waals surface area contributed by atoms with Crippen molar-refractivity contribution in [2.75, 3.05) is 11.9 Å². The average molecular weight is 298 g/mol. The van der Waals surface area contributed by atoms with Gasteiger partial charge in [-0.3, -0.25) is 9.59 Å². The van der Waals surface area contributed by atoms with Crippen LogP contribution < -0.4 is 16.3 Å². The van der Waals surface area contributed by atoms with Gasteiger partial charge in [-0.1, -0.05) is 18.2 Å². The molecule has 1 aliphatic rings. The van der Waals surface area contributed by atoms with Gasteiger partial charge in [0.15, 0.2) is 0 Å². The Morgan fingerprint density at radius 2 is 1.95 bits per heavy atom. The van der Waals surface area contributed by atoms with Gasteiger partial charge in [0, 0.05) is 18.5 Å². The Labute approximate surface area is 126 Å². The number of fused-ring (bicyclic) bond motifs is 1. The fourth-order valence-electron chi connectivity index (χ4n) is 2.30. The molecule has 2 aromatic rings. The van der Waals surface area contributed by atoms with Gasteiger partial charge >= 0.3 is 5.63 Å². The predicted molar refractivity (Wildman–Crippen MR) is 80.0 cm³/mol. The monoisotopic (exact) mass is 298 g/mol. The summed E-state index contributed by atoms with van der Waals surface area (Å²) in [6.45, 7) is 0.531. The maximum absolute atomic E-state index is 12.1. The van der Waals surface area contributed by atoms with Gasteiger partial charge in [0.25, 0.3) is 11.8 Å². The van der Waals surface area contributed by atoms with E-state index in [0.717, 1.165) is 0 Å². The molecule has 1 aromatic heterocycles. The Bertz CT molecular complexity index is 780. The van der Waals surface area contributed by atoms with E-state index in [1.165, 1.54) is 6.07 Å². The number of anilines is 1. The predicted octanol–water partition coefficient (Wildman–Crippen LogP) is 1.57. The number of rotatable bonds is 2. The summed E-state index contributed by atoms with van der Waals surface area (Å²) in [5.74, 6) is -0.369. The van der Waals surface area contributed by atoms with Crippen LogP contribution in [0.3, 0.4) is 0 Å². The summed E-state index contributed by atoms with van der Waals surface area (Å²) in [5.41, 5.74) is 0.0177. The average Bonchev–Trinajstić information content (AvgIpc) is 2.70. The van der Waals surface area contributed by atoms with Crippen molar-refractivity contribution in [3.05, 3.63) is 63.7 Å². The molecular formula is C16H14N2O4. The van der Waals surface area contributed by atoms with E-state index >= 15 is 0 Å². The summed E-state index contributed by atoms with van der Waals surface area (Å²) in [5, 5.41) is 5.21. The molecule has 2 heterocycles. The smallest absolute Gasteiger partial charge is 0.359 e. The highest BCUT2D eigenvalue weighted by atomic mass is 16.4. The minimum Gasteiger partial charge on any atom is -0.426 e. The fraction of sp³-hybridized carbons (Fsp3) is 0.188. The zero-order chi connectivity index (χ0) is 15.5. The van der Waals surface area contributed by atoms with Gasteiger partial charge in [0.1, 0.15) is 11.4 Å². The van der Waals surface area contributed by atoms with Crippen LogP contribution in [-0.2, 0) is 6.42 Å². The summed E-state index contributed by atoms with van der Waals surface area (Å²) >= 11 is 0. The van der Waals surface area contributed by atoms with Crippen molar-refractivity contribution < 1.29 is 14.0 Å². The maximum atomic E-state index is 12.1. The molecule has 0 spiro atoms. The summed E-state index contributed by atoms with van der Waals surface area (Å²) in [7, 11) is 0. The Hall–Kier alpha value is -2.89. The van der Waals surface area contributed by atoms with Crippen LogP contribution in [0.2, 0.25) is 0 Å². The van der Waals surface area contributed by atoms with Crippen molar-refractivity contribution in [3.8, 4) is 0 Å². The van der Waals surface area contributed by atoms with Crippen LogP contribution in [0.4, 0.5) is 5.69 Å². The van der Waals surface area contributed by atoms with E-state index < -0.39 is 11.5 Å². The minimum absolute atomic E-state index is 0.0374. The summed E-state index contributed by atoms with van der Waals surface area (Å²) in [4.78, 5) is 36.0. The highest BCUT2D eigenvalue weighted by Gasteiger charge is 2.20. The van der Waals surface area contributed by atoms with E-state index in [1.54, 1.807) is 30.3 Å². The third-order valence-corrected chi connectivity index (χ3v) is 3.42. The van der Waals surface area contributed by atoms with Crippen LogP contribution in [-0.4, -0.2) is 18.4 Å². The van der Waals surface area contributed by atoms with E-state index in [1.807, 2.05) is 0 Å². The first-order valence-electron chi connectivity index (χ1n) is 6.97. The Morgan fingerprint density at radius 1 is 1.18 bits per heavy atom. The van der Waals surface area contributed by atoms with Gasteiger partial charge in [0.2, 0.25) is 0 Å². The number of nitrogens with one attached hydrogen (secondary N) is 2. The molecule has 0 radical (unpaired) electrons. The molecule has 0 aliphatic carbocycles. The number of aryl methyl sites for hydroxylation is 1. The van der Waals surface area contributed by atoms with Crippen LogP contribution in [0.15, 0.2) is 45.6 Å². The lowest BCUT2D eigenvalue weighted by molar-refractivity contribution is 0.0952. The Morgan fingerprint density at radius 3 is 2.73 bits per heavy atom. The van der Waals surface area contributed by atoms with Gasteiger partial charge in [-0.2, -0.15) is 0 Å². The second-order valence-electron chi connectivity index (χ2n) is 4.96. The van der Waals surface area contributed by atoms with Crippen LogP contribution in [0, 0.1) is 0 Å². The van der Waals surface area contributed by atoms with E-state index in [0.29, 0.717) is 36.3 Å². The standard InChI is InChI=1S/C16H14N2O4/c19-14(10-5-2-1-3-6-10)18-12-9-11-13(22-16(12)21)7-4-8-17-15(11)20/h1-3,5-6,9H,4,7-8H2,(H,17,20)(H,18,19). The molecule has 0 atom stereocenters. The number of hydrogen-bond acceptors (Lipinski definition) is 4. The highest BCUT2D eigenvalue weighted by molar-refractivity contribution is 6.05. The third kappa shape index (κ3) is 2.76. The summed E-state index contributed by atoms with van der Waals surface area (Å²) in [6, 6.07) is 9.88. The van der Waals surface area contributed by atoms with E-state index in [2.05, 4.69) is 10.6 Å². The number of hydrogen-bond donors (Lipinski definition) is 2. The van der Waals surface area contributed by atoms with Crippen LogP contribution >= 0.6 is 0 Å². The zero-order valence-corrected chi connectivity index (χ0v) is 11.7. The van der Waals surface area contributed by atoms with Crippen molar-refractivity contribution in [1.82, 2.24) is 5.32 Å². The van der Waals surface area contributed by atoms with Crippen molar-refractivity contribution in [2.45, 2.75) is 12.8 Å². The number of carbonyl (C=O) groups is 2. The van der Waals surface area contributed by atoms with Gasteiger partial charge in [-0.15, -0.1) is 0 Å². The molecule has 112 valence electrons. The lowest BCUT2D eigenvalue weighted by Crippen LogP contribution is -2.24. The summed E-state index contributed by atoms with van der Waals surface area (Å²) in [6.07, 6.45) is 1.22. The molecule has 0 unspecified atom stereocenters. The van der Waals surface area contributed by atoms with Gasteiger partial charge in [0.05, 0.1) is 5.56 Å². The zero-order valence-electron chi connectivity index (χ0n) is 11.7. The highest BCUT2D eigenvalue weighted by Crippen LogP contribution is 2.16. The molecule has 2 N–H and O–H groups in total. The molecule has 1 aromatic carbocycles. The Balaban J connectivity index is 1.93. The van der Waals surface area contributed by atoms with Crippen LogP contribution in [0.25, 0.3) is 0 Å². The molecular weight excluding hydrogens is 284 g/mol. The molecule has 6 heteroatoms. The van der Waals surface area contributed by atoms with Crippen molar-refractivity contribution in [3.63, 3.8) is 0 Å². The number of amides is 2. The molecule has 0 bridgehead atoms. The molecule has 3 rings (SSSR count). The van der Waals surface area contributed by atoms with Gasteiger partial charge < -0.3 is 15.1 Å². The normalized spacial score (nSPS) is 13.7. The SMILES string of the molecule is O=C(Nc1cc2c(oc1=O)CCCNC2=O)c1ccccc1. The molecule has 6 nitrogen and oxygen atoms in total. The van der Waals surface area contributed by atoms with Crippen molar-refractivity contribution in [1.29, 1.82) is 0 Å². The molecule has 1 aliphatic heterocycles. The largest absolute Gasteiger partial charge is 0.426 e. The van der Waals surface area contributed by atoms with Gasteiger partial charge in [-0.05, 0) is 24.6 Å². The first-order chi connectivity index (χ1) is 10.6. The lowest BCUT2D eigenvalue weighted by atomic mass is 10.1. The molecule has 0 saturated heterocycles. The topological polar surface area (TPSA) is 88.4 Å². The third-order valence-electron chi connectivity index (χ3n) is 3.42. The second-order valence-corrected chi connectivity index (χ2v) is 4.96. The molecule has 2 amide bonds. The van der Waals surface area contributed by atoms with E-state index in [4.69, 9.17) is 4.42 Å². The summed E-state index contributed by atoms with van der Waals surface area (Å²) < 4.78 is 5.19. The van der Waals surface area contributed by atoms with Crippen LogP contribution in [0.1, 0.15) is 32.9 Å². The molecule has 0 saturated carbocycles. The number of benzene rings is 1. The van der Waals surface area contributed by atoms with Crippen molar-refractivity contribution in [2.24, 2.45) is 0 Å². The van der Waals surface area contributed by atoms with E-state index in [9.17, 15) is 14.4 Å². The Kier molecular flexibility index (Phi) is 3.74. The second kappa shape index (κ2) is 5.85. The minimum atomic E-state index is -0.655. The molecule has 22 heavy (non-hydrogen) atoms. The quantitative estimate of drug-likeness (QED) is 0.880. The van der Waals surface area contributed by atoms with Crippen molar-refractivity contribution >= 4 is 17.5 Å². The first kappa shape index (κ1) is 14.1. The van der Waals surface area contributed by atoms with Gasteiger partial charge in [-0.25, -0.2) is 4.79 Å². The van der Waals surface area contributed by atoms with E-state index in [-0.39, 0.29) is 11.6 Å². The maximum Gasteiger partial charge on any atom is 0.359 e. The van der Waals surface area contributed by atoms with Crippen LogP contribution in [0.5, 0.6) is 0 Å².